The topological polar surface area (TPSA) is 72.9 Å². The first-order chi connectivity index (χ1) is 8.06. The molecule has 0 spiro atoms. The molecule has 0 aromatic carbocycles. The third-order valence-electron chi connectivity index (χ3n) is 2.80. The summed E-state index contributed by atoms with van der Waals surface area (Å²) in [5.41, 5.74) is 6.32. The zero-order valence-electron chi connectivity index (χ0n) is 10.8. The maximum Gasteiger partial charge on any atom is 0.224 e. The SMILES string of the molecule is CCC(CN)CC(=O)Nc1cnn(C(C)C)c1. The number of aromatic nitrogens is 2. The normalized spacial score (nSPS) is 12.8. The summed E-state index contributed by atoms with van der Waals surface area (Å²) in [5, 5.41) is 7.00. The summed E-state index contributed by atoms with van der Waals surface area (Å²) in [6.45, 7) is 6.68. The number of carbonyl (C=O) groups excluding carboxylic acids is 1. The molecule has 1 rings (SSSR count). The van der Waals surface area contributed by atoms with Gasteiger partial charge in [0.25, 0.3) is 0 Å². The van der Waals surface area contributed by atoms with Crippen molar-refractivity contribution in [3.8, 4) is 0 Å². The average Bonchev–Trinajstić information content (AvgIpc) is 2.74. The fourth-order valence-electron chi connectivity index (χ4n) is 1.55. The van der Waals surface area contributed by atoms with E-state index in [2.05, 4.69) is 10.4 Å². The Balaban J connectivity index is 2.50. The van der Waals surface area contributed by atoms with E-state index in [0.717, 1.165) is 12.1 Å². The van der Waals surface area contributed by atoms with Gasteiger partial charge in [0.1, 0.15) is 0 Å². The molecule has 1 amide bonds. The molecule has 1 aromatic heterocycles. The van der Waals surface area contributed by atoms with Crippen LogP contribution in [-0.4, -0.2) is 22.2 Å². The predicted molar refractivity (Wildman–Crippen MR) is 68.7 cm³/mol. The van der Waals surface area contributed by atoms with Gasteiger partial charge in [0.2, 0.25) is 5.91 Å². The minimum atomic E-state index is 0.00519. The number of hydrogen-bond acceptors (Lipinski definition) is 3. The summed E-state index contributed by atoms with van der Waals surface area (Å²) < 4.78 is 1.82. The van der Waals surface area contributed by atoms with Gasteiger partial charge in [0.15, 0.2) is 0 Å². The summed E-state index contributed by atoms with van der Waals surface area (Å²) in [6.07, 6.45) is 4.91. The van der Waals surface area contributed by atoms with E-state index >= 15 is 0 Å². The highest BCUT2D eigenvalue weighted by molar-refractivity contribution is 5.90. The van der Waals surface area contributed by atoms with Crippen LogP contribution in [0.1, 0.15) is 39.7 Å². The van der Waals surface area contributed by atoms with Gasteiger partial charge in [-0.3, -0.25) is 9.48 Å². The lowest BCUT2D eigenvalue weighted by atomic mass is 10.0. The van der Waals surface area contributed by atoms with Gasteiger partial charge in [-0.1, -0.05) is 13.3 Å². The van der Waals surface area contributed by atoms with Crippen LogP contribution < -0.4 is 11.1 Å². The van der Waals surface area contributed by atoms with E-state index in [1.54, 1.807) is 6.20 Å². The number of amides is 1. The van der Waals surface area contributed by atoms with Crippen LogP contribution in [0, 0.1) is 5.92 Å². The molecular weight excluding hydrogens is 216 g/mol. The van der Waals surface area contributed by atoms with E-state index in [0.29, 0.717) is 19.0 Å². The van der Waals surface area contributed by atoms with Crippen LogP contribution in [0.3, 0.4) is 0 Å². The van der Waals surface area contributed by atoms with Crippen molar-refractivity contribution in [2.24, 2.45) is 11.7 Å². The van der Waals surface area contributed by atoms with Crippen molar-refractivity contribution in [1.29, 1.82) is 0 Å². The second kappa shape index (κ2) is 6.39. The first kappa shape index (κ1) is 13.7. The largest absolute Gasteiger partial charge is 0.330 e. The minimum Gasteiger partial charge on any atom is -0.330 e. The van der Waals surface area contributed by atoms with Gasteiger partial charge >= 0.3 is 0 Å². The molecule has 0 aliphatic heterocycles. The molecular formula is C12H22N4O. The third-order valence-corrected chi connectivity index (χ3v) is 2.80. The second-order valence-electron chi connectivity index (χ2n) is 4.57. The van der Waals surface area contributed by atoms with Crippen LogP contribution in [0.4, 0.5) is 5.69 Å². The maximum atomic E-state index is 11.7. The summed E-state index contributed by atoms with van der Waals surface area (Å²) in [5.74, 6) is 0.265. The van der Waals surface area contributed by atoms with Crippen LogP contribution >= 0.6 is 0 Å². The predicted octanol–water partition coefficient (Wildman–Crippen LogP) is 1.78. The smallest absolute Gasteiger partial charge is 0.224 e. The number of rotatable bonds is 6. The molecule has 1 heterocycles. The summed E-state index contributed by atoms with van der Waals surface area (Å²) in [4.78, 5) is 11.7. The van der Waals surface area contributed by atoms with Crippen molar-refractivity contribution in [1.82, 2.24) is 9.78 Å². The van der Waals surface area contributed by atoms with Gasteiger partial charge in [-0.2, -0.15) is 5.10 Å². The van der Waals surface area contributed by atoms with Crippen LogP contribution in [0.2, 0.25) is 0 Å². The quantitative estimate of drug-likeness (QED) is 0.793. The highest BCUT2D eigenvalue weighted by Gasteiger charge is 2.11. The number of nitrogens with two attached hydrogens (primary N) is 1. The Morgan fingerprint density at radius 3 is 2.76 bits per heavy atom. The van der Waals surface area contributed by atoms with Crippen molar-refractivity contribution in [3.05, 3.63) is 12.4 Å². The lowest BCUT2D eigenvalue weighted by Gasteiger charge is -2.11. The Morgan fingerprint density at radius 2 is 2.29 bits per heavy atom. The molecule has 0 saturated carbocycles. The van der Waals surface area contributed by atoms with Crippen LogP contribution in [0.5, 0.6) is 0 Å². The molecule has 0 bridgehead atoms. The van der Waals surface area contributed by atoms with E-state index in [4.69, 9.17) is 5.73 Å². The maximum absolute atomic E-state index is 11.7. The molecule has 0 aliphatic rings. The molecule has 17 heavy (non-hydrogen) atoms. The molecule has 0 aliphatic carbocycles. The molecule has 5 heteroatoms. The first-order valence-corrected chi connectivity index (χ1v) is 6.10. The number of nitrogens with zero attached hydrogens (tertiary/aromatic N) is 2. The van der Waals surface area contributed by atoms with Crippen LogP contribution in [0.25, 0.3) is 0 Å². The fraction of sp³-hybridized carbons (Fsp3) is 0.667. The Labute approximate surface area is 102 Å². The first-order valence-electron chi connectivity index (χ1n) is 6.10. The minimum absolute atomic E-state index is 0.00519. The highest BCUT2D eigenvalue weighted by atomic mass is 16.1. The monoisotopic (exact) mass is 238 g/mol. The fourth-order valence-corrected chi connectivity index (χ4v) is 1.55. The Hall–Kier alpha value is -1.36. The zero-order valence-corrected chi connectivity index (χ0v) is 10.8. The van der Waals surface area contributed by atoms with Crippen LogP contribution in [0.15, 0.2) is 12.4 Å². The van der Waals surface area contributed by atoms with Crippen molar-refractivity contribution in [2.45, 2.75) is 39.7 Å². The van der Waals surface area contributed by atoms with Gasteiger partial charge in [0, 0.05) is 18.7 Å². The number of nitrogens with one attached hydrogen (secondary N) is 1. The Morgan fingerprint density at radius 1 is 1.59 bits per heavy atom. The molecule has 1 atom stereocenters. The standard InChI is InChI=1S/C12H22N4O/c1-4-10(6-13)5-12(17)15-11-7-14-16(8-11)9(2)3/h7-10H,4-6,13H2,1-3H3,(H,15,17). The molecule has 3 N–H and O–H groups in total. The third kappa shape index (κ3) is 4.19. The van der Waals surface area contributed by atoms with E-state index in [1.165, 1.54) is 0 Å². The number of anilines is 1. The van der Waals surface area contributed by atoms with Gasteiger partial charge in [-0.15, -0.1) is 0 Å². The molecule has 1 aromatic rings. The summed E-state index contributed by atoms with van der Waals surface area (Å²) >= 11 is 0. The molecule has 0 radical (unpaired) electrons. The molecule has 96 valence electrons. The lowest BCUT2D eigenvalue weighted by molar-refractivity contribution is -0.117. The van der Waals surface area contributed by atoms with E-state index in [9.17, 15) is 4.79 Å². The van der Waals surface area contributed by atoms with Crippen molar-refractivity contribution < 1.29 is 4.79 Å². The number of hydrogen-bond donors (Lipinski definition) is 2. The average molecular weight is 238 g/mol. The molecule has 0 fully saturated rings. The van der Waals surface area contributed by atoms with E-state index in [-0.39, 0.29) is 11.8 Å². The summed E-state index contributed by atoms with van der Waals surface area (Å²) in [7, 11) is 0. The molecule has 5 nitrogen and oxygen atoms in total. The zero-order chi connectivity index (χ0) is 12.8. The Bertz CT molecular complexity index is 355. The summed E-state index contributed by atoms with van der Waals surface area (Å²) in [6, 6.07) is 0.299. The van der Waals surface area contributed by atoms with E-state index < -0.39 is 0 Å². The molecule has 0 saturated heterocycles. The van der Waals surface area contributed by atoms with Gasteiger partial charge in [0.05, 0.1) is 11.9 Å². The number of carbonyl (C=O) groups is 1. The van der Waals surface area contributed by atoms with Crippen LogP contribution in [-0.2, 0) is 4.79 Å². The highest BCUT2D eigenvalue weighted by Crippen LogP contribution is 2.12. The lowest BCUT2D eigenvalue weighted by Crippen LogP contribution is -2.21. The van der Waals surface area contributed by atoms with E-state index in [1.807, 2.05) is 31.6 Å². The molecule has 1 unspecified atom stereocenters. The van der Waals surface area contributed by atoms with Crippen molar-refractivity contribution >= 4 is 11.6 Å². The second-order valence-corrected chi connectivity index (χ2v) is 4.57. The van der Waals surface area contributed by atoms with Gasteiger partial charge in [-0.05, 0) is 26.3 Å². The Kier molecular flexibility index (Phi) is 5.15. The van der Waals surface area contributed by atoms with Crippen molar-refractivity contribution in [2.75, 3.05) is 11.9 Å². The van der Waals surface area contributed by atoms with Gasteiger partial charge < -0.3 is 11.1 Å². The van der Waals surface area contributed by atoms with Gasteiger partial charge in [-0.25, -0.2) is 0 Å². The van der Waals surface area contributed by atoms with Crippen molar-refractivity contribution in [3.63, 3.8) is 0 Å².